The summed E-state index contributed by atoms with van der Waals surface area (Å²) in [6, 6.07) is 19.3. The van der Waals surface area contributed by atoms with Crippen LogP contribution in [0.25, 0.3) is 0 Å². The lowest BCUT2D eigenvalue weighted by Gasteiger charge is -2.18. The first-order chi connectivity index (χ1) is 13.6. The van der Waals surface area contributed by atoms with E-state index in [1.807, 2.05) is 73.5 Å². The highest BCUT2D eigenvalue weighted by molar-refractivity contribution is 5.92. The molecule has 0 unspecified atom stereocenters. The zero-order valence-electron chi connectivity index (χ0n) is 16.3. The summed E-state index contributed by atoms with van der Waals surface area (Å²) in [4.78, 5) is 23.4. The molecule has 0 radical (unpaired) electrons. The van der Waals surface area contributed by atoms with E-state index in [2.05, 4.69) is 15.3 Å². The molecule has 0 fully saturated rings. The van der Waals surface area contributed by atoms with E-state index in [0.717, 1.165) is 22.7 Å². The number of nitrogens with one attached hydrogen (secondary N) is 1. The lowest BCUT2D eigenvalue weighted by atomic mass is 10.1. The number of anilines is 2. The van der Waals surface area contributed by atoms with Gasteiger partial charge < -0.3 is 15.0 Å². The molecule has 0 spiro atoms. The number of nitrogens with zero attached hydrogens (tertiary/aromatic N) is 3. The van der Waals surface area contributed by atoms with Crippen molar-refractivity contribution in [2.45, 2.75) is 13.3 Å². The number of aryl methyl sites for hydroxylation is 1. The Labute approximate surface area is 165 Å². The van der Waals surface area contributed by atoms with Gasteiger partial charge in [-0.2, -0.15) is 0 Å². The summed E-state index contributed by atoms with van der Waals surface area (Å²) in [5.41, 5.74) is 3.09. The Bertz CT molecular complexity index is 944. The first-order valence-corrected chi connectivity index (χ1v) is 9.13. The number of hydrogen-bond acceptors (Lipinski definition) is 5. The van der Waals surface area contributed by atoms with Crippen LogP contribution in [0.5, 0.6) is 5.75 Å². The van der Waals surface area contributed by atoms with Gasteiger partial charge in [0.2, 0.25) is 5.95 Å². The molecule has 6 heteroatoms. The van der Waals surface area contributed by atoms with E-state index in [4.69, 9.17) is 4.74 Å². The Morgan fingerprint density at radius 1 is 1.07 bits per heavy atom. The van der Waals surface area contributed by atoms with Crippen molar-refractivity contribution in [2.24, 2.45) is 0 Å². The predicted molar refractivity (Wildman–Crippen MR) is 110 cm³/mol. The van der Waals surface area contributed by atoms with Gasteiger partial charge in [-0.15, -0.1) is 0 Å². The van der Waals surface area contributed by atoms with Gasteiger partial charge in [-0.25, -0.2) is 9.97 Å². The van der Waals surface area contributed by atoms with Crippen LogP contribution in [0.2, 0.25) is 0 Å². The molecule has 3 aromatic rings. The number of para-hydroxylation sites is 2. The number of rotatable bonds is 7. The van der Waals surface area contributed by atoms with Gasteiger partial charge in [-0.05, 0) is 43.2 Å². The summed E-state index contributed by atoms with van der Waals surface area (Å²) in [5.74, 6) is 1.09. The van der Waals surface area contributed by atoms with Gasteiger partial charge in [0, 0.05) is 25.0 Å². The summed E-state index contributed by atoms with van der Waals surface area (Å²) < 4.78 is 5.35. The highest BCUT2D eigenvalue weighted by Gasteiger charge is 2.14. The van der Waals surface area contributed by atoms with Crippen LogP contribution in [0.15, 0.2) is 60.7 Å². The number of carbonyl (C=O) groups is 1. The molecular formula is C22H24N4O2. The van der Waals surface area contributed by atoms with Crippen LogP contribution in [0, 0.1) is 6.92 Å². The van der Waals surface area contributed by atoms with E-state index in [-0.39, 0.29) is 5.91 Å². The first kappa shape index (κ1) is 19.4. The number of aromatic nitrogens is 2. The van der Waals surface area contributed by atoms with E-state index in [1.54, 1.807) is 13.2 Å². The molecule has 6 nitrogen and oxygen atoms in total. The van der Waals surface area contributed by atoms with E-state index in [1.165, 1.54) is 0 Å². The second-order valence-electron chi connectivity index (χ2n) is 6.41. The van der Waals surface area contributed by atoms with E-state index < -0.39 is 0 Å². The van der Waals surface area contributed by atoms with Crippen molar-refractivity contribution < 1.29 is 9.53 Å². The molecule has 0 saturated heterocycles. The van der Waals surface area contributed by atoms with Crippen molar-refractivity contribution in [3.05, 3.63) is 77.6 Å². The highest BCUT2D eigenvalue weighted by Crippen LogP contribution is 2.20. The maximum absolute atomic E-state index is 12.6. The van der Waals surface area contributed by atoms with Crippen molar-refractivity contribution in [3.63, 3.8) is 0 Å². The molecule has 28 heavy (non-hydrogen) atoms. The Kier molecular flexibility index (Phi) is 6.22. The van der Waals surface area contributed by atoms with Gasteiger partial charge in [0.05, 0.1) is 7.11 Å². The summed E-state index contributed by atoms with van der Waals surface area (Å²) >= 11 is 0. The van der Waals surface area contributed by atoms with Crippen LogP contribution in [0.1, 0.15) is 21.7 Å². The summed E-state index contributed by atoms with van der Waals surface area (Å²) in [6.45, 7) is 2.35. The third-order valence-corrected chi connectivity index (χ3v) is 4.39. The molecule has 1 aromatic heterocycles. The Morgan fingerprint density at radius 3 is 2.54 bits per heavy atom. The molecule has 1 N–H and O–H groups in total. The van der Waals surface area contributed by atoms with Crippen molar-refractivity contribution >= 4 is 17.5 Å². The second kappa shape index (κ2) is 8.99. The molecule has 0 saturated carbocycles. The molecule has 3 rings (SSSR count). The summed E-state index contributed by atoms with van der Waals surface area (Å²) in [6.07, 6.45) is 0.677. The average molecular weight is 376 g/mol. The zero-order chi connectivity index (χ0) is 19.9. The number of benzene rings is 2. The fourth-order valence-corrected chi connectivity index (χ4v) is 2.90. The first-order valence-electron chi connectivity index (χ1n) is 9.13. The number of hydrogen-bond donors (Lipinski definition) is 1. The number of ether oxygens (including phenoxy) is 1. The Hall–Kier alpha value is -3.41. The van der Waals surface area contributed by atoms with Crippen LogP contribution in [0.4, 0.5) is 11.6 Å². The van der Waals surface area contributed by atoms with E-state index in [0.29, 0.717) is 24.6 Å². The topological polar surface area (TPSA) is 67.3 Å². The fourth-order valence-electron chi connectivity index (χ4n) is 2.90. The maximum atomic E-state index is 12.6. The molecular weight excluding hydrogens is 352 g/mol. The number of carbonyl (C=O) groups excluding carboxylic acids is 1. The number of amides is 1. The minimum Gasteiger partial charge on any atom is -0.496 e. The van der Waals surface area contributed by atoms with E-state index >= 15 is 0 Å². The van der Waals surface area contributed by atoms with Gasteiger partial charge in [0.1, 0.15) is 11.4 Å². The summed E-state index contributed by atoms with van der Waals surface area (Å²) in [5, 5.41) is 2.93. The third-order valence-electron chi connectivity index (χ3n) is 4.39. The fraction of sp³-hybridized carbons (Fsp3) is 0.227. The van der Waals surface area contributed by atoms with Crippen LogP contribution >= 0.6 is 0 Å². The Morgan fingerprint density at radius 2 is 1.79 bits per heavy atom. The molecule has 144 valence electrons. The van der Waals surface area contributed by atoms with Crippen LogP contribution in [0.3, 0.4) is 0 Å². The smallest absolute Gasteiger partial charge is 0.270 e. The molecule has 0 aliphatic heterocycles. The van der Waals surface area contributed by atoms with Crippen LogP contribution in [-0.4, -0.2) is 36.6 Å². The largest absolute Gasteiger partial charge is 0.496 e. The monoisotopic (exact) mass is 376 g/mol. The van der Waals surface area contributed by atoms with Crippen molar-refractivity contribution in [1.82, 2.24) is 15.3 Å². The number of methoxy groups -OCH3 is 1. The van der Waals surface area contributed by atoms with Crippen molar-refractivity contribution in [3.8, 4) is 5.75 Å². The SMILES string of the molecule is COc1ccccc1CCNC(=O)c1cc(C)nc(N(C)c2ccccc2)n1. The van der Waals surface area contributed by atoms with Gasteiger partial charge in [0.25, 0.3) is 5.91 Å². The molecule has 0 bridgehead atoms. The van der Waals surface area contributed by atoms with Crippen molar-refractivity contribution in [1.29, 1.82) is 0 Å². The molecule has 0 aliphatic carbocycles. The molecule has 1 amide bonds. The summed E-state index contributed by atoms with van der Waals surface area (Å²) in [7, 11) is 3.53. The lowest BCUT2D eigenvalue weighted by molar-refractivity contribution is 0.0949. The quantitative estimate of drug-likeness (QED) is 0.683. The normalized spacial score (nSPS) is 10.4. The maximum Gasteiger partial charge on any atom is 0.270 e. The minimum atomic E-state index is -0.219. The van der Waals surface area contributed by atoms with E-state index in [9.17, 15) is 4.79 Å². The minimum absolute atomic E-state index is 0.219. The standard InChI is InChI=1S/C22H24N4O2/c1-16-15-19(25-22(24-16)26(2)18-10-5-4-6-11-18)21(27)23-14-13-17-9-7-8-12-20(17)28-3/h4-12,15H,13-14H2,1-3H3,(H,23,27). The highest BCUT2D eigenvalue weighted by atomic mass is 16.5. The molecule has 2 aromatic carbocycles. The van der Waals surface area contributed by atoms with Gasteiger partial charge in [-0.1, -0.05) is 36.4 Å². The predicted octanol–water partition coefficient (Wildman–Crippen LogP) is 3.53. The average Bonchev–Trinajstić information content (AvgIpc) is 2.73. The molecule has 0 aliphatic rings. The Balaban J connectivity index is 1.69. The van der Waals surface area contributed by atoms with Crippen LogP contribution < -0.4 is 15.0 Å². The van der Waals surface area contributed by atoms with Gasteiger partial charge >= 0.3 is 0 Å². The lowest BCUT2D eigenvalue weighted by Crippen LogP contribution is -2.27. The van der Waals surface area contributed by atoms with Crippen LogP contribution in [-0.2, 0) is 6.42 Å². The zero-order valence-corrected chi connectivity index (χ0v) is 16.3. The molecule has 1 heterocycles. The van der Waals surface area contributed by atoms with Gasteiger partial charge in [0.15, 0.2) is 0 Å². The second-order valence-corrected chi connectivity index (χ2v) is 6.41. The molecule has 0 atom stereocenters. The third kappa shape index (κ3) is 4.65. The van der Waals surface area contributed by atoms with Crippen molar-refractivity contribution in [2.75, 3.05) is 25.6 Å². The van der Waals surface area contributed by atoms with Gasteiger partial charge in [-0.3, -0.25) is 4.79 Å².